The van der Waals surface area contributed by atoms with Gasteiger partial charge in [0.05, 0.1) is 5.69 Å². The number of para-hydroxylation sites is 1. The van der Waals surface area contributed by atoms with Gasteiger partial charge in [-0.1, -0.05) is 48.5 Å². The SMILES string of the molecule is c1ccc(C2=NN=C3N=NCN3c3ccccc32)cc1. The molecule has 0 unspecified atom stereocenters. The number of fused-ring (bicyclic) bond motifs is 3. The minimum Gasteiger partial charge on any atom is -0.285 e. The molecule has 0 amide bonds. The lowest BCUT2D eigenvalue weighted by atomic mass is 10.0. The highest BCUT2D eigenvalue weighted by molar-refractivity contribution is 6.19. The van der Waals surface area contributed by atoms with Crippen LogP contribution in [0.5, 0.6) is 0 Å². The van der Waals surface area contributed by atoms with E-state index in [4.69, 9.17) is 0 Å². The number of hydrogen-bond donors (Lipinski definition) is 0. The van der Waals surface area contributed by atoms with Crippen molar-refractivity contribution in [2.45, 2.75) is 0 Å². The smallest absolute Gasteiger partial charge is 0.270 e. The molecule has 0 atom stereocenters. The van der Waals surface area contributed by atoms with Gasteiger partial charge in [0.15, 0.2) is 0 Å². The first kappa shape index (κ1) is 11.0. The molecule has 2 aliphatic rings. The molecule has 2 aromatic rings. The Labute approximate surface area is 116 Å². The molecule has 20 heavy (non-hydrogen) atoms. The number of benzene rings is 2. The van der Waals surface area contributed by atoms with E-state index in [1.165, 1.54) is 0 Å². The van der Waals surface area contributed by atoms with Crippen molar-refractivity contribution in [1.29, 1.82) is 0 Å². The highest BCUT2D eigenvalue weighted by Crippen LogP contribution is 2.28. The summed E-state index contributed by atoms with van der Waals surface area (Å²) >= 11 is 0. The van der Waals surface area contributed by atoms with Crippen LogP contribution < -0.4 is 4.90 Å². The zero-order valence-corrected chi connectivity index (χ0v) is 10.6. The van der Waals surface area contributed by atoms with E-state index in [1.807, 2.05) is 53.4 Å². The first-order valence-electron chi connectivity index (χ1n) is 6.39. The van der Waals surface area contributed by atoms with Crippen molar-refractivity contribution >= 4 is 17.4 Å². The van der Waals surface area contributed by atoms with Crippen LogP contribution >= 0.6 is 0 Å². The molecule has 0 aliphatic carbocycles. The molecule has 2 aliphatic heterocycles. The van der Waals surface area contributed by atoms with Crippen LogP contribution in [0.3, 0.4) is 0 Å². The van der Waals surface area contributed by atoms with E-state index in [0.29, 0.717) is 12.6 Å². The zero-order valence-electron chi connectivity index (χ0n) is 10.6. The van der Waals surface area contributed by atoms with Crippen LogP contribution in [0.4, 0.5) is 5.69 Å². The zero-order chi connectivity index (χ0) is 13.4. The third kappa shape index (κ3) is 1.64. The minimum atomic E-state index is 0.493. The summed E-state index contributed by atoms with van der Waals surface area (Å²) in [6, 6.07) is 18.2. The van der Waals surface area contributed by atoms with Gasteiger partial charge in [-0.15, -0.1) is 15.3 Å². The first-order valence-corrected chi connectivity index (χ1v) is 6.39. The van der Waals surface area contributed by atoms with Gasteiger partial charge in [0.2, 0.25) is 0 Å². The van der Waals surface area contributed by atoms with Crippen molar-refractivity contribution in [2.75, 3.05) is 11.6 Å². The molecule has 2 aromatic carbocycles. The maximum absolute atomic E-state index is 4.39. The summed E-state index contributed by atoms with van der Waals surface area (Å²) in [5.41, 5.74) is 3.99. The van der Waals surface area contributed by atoms with Crippen molar-refractivity contribution in [1.82, 2.24) is 0 Å². The average Bonchev–Trinajstić information content (AvgIpc) is 2.92. The summed E-state index contributed by atoms with van der Waals surface area (Å²) in [7, 11) is 0. The van der Waals surface area contributed by atoms with Crippen molar-refractivity contribution in [3.8, 4) is 0 Å². The topological polar surface area (TPSA) is 52.7 Å². The fourth-order valence-electron chi connectivity index (χ4n) is 2.40. The van der Waals surface area contributed by atoms with Crippen molar-refractivity contribution in [3.05, 3.63) is 65.7 Å². The Bertz CT molecular complexity index is 746. The fraction of sp³-hybridized carbons (Fsp3) is 0.0667. The average molecular weight is 261 g/mol. The van der Waals surface area contributed by atoms with Crippen molar-refractivity contribution < 1.29 is 0 Å². The second-order valence-corrected chi connectivity index (χ2v) is 4.54. The summed E-state index contributed by atoms with van der Waals surface area (Å²) in [5, 5.41) is 16.7. The van der Waals surface area contributed by atoms with Crippen LogP contribution in [0.2, 0.25) is 0 Å². The lowest BCUT2D eigenvalue weighted by Crippen LogP contribution is -2.25. The van der Waals surface area contributed by atoms with E-state index in [0.717, 1.165) is 22.5 Å². The van der Waals surface area contributed by atoms with Gasteiger partial charge in [-0.3, -0.25) is 4.90 Å². The molecule has 0 saturated carbocycles. The summed E-state index contributed by atoms with van der Waals surface area (Å²) in [6.07, 6.45) is 0. The molecule has 0 saturated heterocycles. The van der Waals surface area contributed by atoms with Gasteiger partial charge in [0.25, 0.3) is 5.96 Å². The van der Waals surface area contributed by atoms with Gasteiger partial charge < -0.3 is 0 Å². The van der Waals surface area contributed by atoms with Crippen LogP contribution in [0.15, 0.2) is 75.0 Å². The highest BCUT2D eigenvalue weighted by Gasteiger charge is 2.25. The normalized spacial score (nSPS) is 16.1. The lowest BCUT2D eigenvalue weighted by molar-refractivity contribution is 1.03. The molecule has 0 N–H and O–H groups in total. The van der Waals surface area contributed by atoms with E-state index >= 15 is 0 Å². The van der Waals surface area contributed by atoms with Crippen LogP contribution in [-0.2, 0) is 0 Å². The molecule has 5 nitrogen and oxygen atoms in total. The molecule has 4 rings (SSSR count). The molecule has 96 valence electrons. The number of nitrogens with zero attached hydrogens (tertiary/aromatic N) is 5. The third-order valence-corrected chi connectivity index (χ3v) is 3.34. The number of hydrogen-bond acceptors (Lipinski definition) is 5. The summed E-state index contributed by atoms with van der Waals surface area (Å²) in [6.45, 7) is 0.493. The highest BCUT2D eigenvalue weighted by atomic mass is 15.5. The Morgan fingerprint density at radius 2 is 1.65 bits per heavy atom. The number of rotatable bonds is 1. The molecular formula is C15H11N5. The van der Waals surface area contributed by atoms with Crippen molar-refractivity contribution in [2.24, 2.45) is 20.4 Å². The third-order valence-electron chi connectivity index (χ3n) is 3.34. The maximum atomic E-state index is 4.39. The predicted molar refractivity (Wildman–Crippen MR) is 78.2 cm³/mol. The summed E-state index contributed by atoms with van der Waals surface area (Å²) < 4.78 is 0. The molecule has 0 fully saturated rings. The monoisotopic (exact) mass is 261 g/mol. The van der Waals surface area contributed by atoms with E-state index < -0.39 is 0 Å². The maximum Gasteiger partial charge on any atom is 0.270 e. The van der Waals surface area contributed by atoms with Gasteiger partial charge in [-0.25, -0.2) is 0 Å². The Morgan fingerprint density at radius 3 is 2.55 bits per heavy atom. The summed E-state index contributed by atoms with van der Waals surface area (Å²) in [4.78, 5) is 1.97. The quantitative estimate of drug-likeness (QED) is 0.778. The molecule has 0 aromatic heterocycles. The Morgan fingerprint density at radius 1 is 0.850 bits per heavy atom. The van der Waals surface area contributed by atoms with E-state index in [9.17, 15) is 0 Å². The Balaban J connectivity index is 1.95. The molecule has 2 heterocycles. The first-order chi connectivity index (χ1) is 9.93. The largest absolute Gasteiger partial charge is 0.285 e. The lowest BCUT2D eigenvalue weighted by Gasteiger charge is -2.17. The van der Waals surface area contributed by atoms with Crippen LogP contribution in [-0.4, -0.2) is 18.3 Å². The standard InChI is InChI=1S/C15H11N5/c1-2-6-11(7-3-1)14-12-8-4-5-9-13(12)20-10-16-18-15(20)19-17-14/h1-9H,10H2. The fourth-order valence-corrected chi connectivity index (χ4v) is 2.40. The van der Waals surface area contributed by atoms with Gasteiger partial charge in [-0.2, -0.15) is 5.11 Å². The van der Waals surface area contributed by atoms with Gasteiger partial charge in [0.1, 0.15) is 12.4 Å². The Kier molecular flexibility index (Phi) is 2.42. The molecular weight excluding hydrogens is 250 g/mol. The van der Waals surface area contributed by atoms with Gasteiger partial charge in [-0.05, 0) is 6.07 Å². The number of guanidine groups is 1. The number of anilines is 1. The van der Waals surface area contributed by atoms with Crippen LogP contribution in [0.25, 0.3) is 0 Å². The van der Waals surface area contributed by atoms with E-state index in [-0.39, 0.29) is 0 Å². The van der Waals surface area contributed by atoms with Gasteiger partial charge in [0, 0.05) is 11.1 Å². The number of azo groups is 1. The van der Waals surface area contributed by atoms with Gasteiger partial charge >= 0.3 is 0 Å². The molecule has 5 heteroatoms. The van der Waals surface area contributed by atoms with E-state index in [1.54, 1.807) is 0 Å². The predicted octanol–water partition coefficient (Wildman–Crippen LogP) is 3.04. The molecule has 0 spiro atoms. The molecule has 0 bridgehead atoms. The Hall–Kier alpha value is -2.82. The second kappa shape index (κ2) is 4.38. The van der Waals surface area contributed by atoms with Crippen LogP contribution in [0.1, 0.15) is 11.1 Å². The summed E-state index contributed by atoms with van der Waals surface area (Å²) in [5.74, 6) is 0.545. The molecule has 0 radical (unpaired) electrons. The van der Waals surface area contributed by atoms with Crippen LogP contribution in [0, 0.1) is 0 Å². The minimum absolute atomic E-state index is 0.493. The van der Waals surface area contributed by atoms with E-state index in [2.05, 4.69) is 26.5 Å². The second-order valence-electron chi connectivity index (χ2n) is 4.54. The van der Waals surface area contributed by atoms with Crippen molar-refractivity contribution in [3.63, 3.8) is 0 Å².